The first-order valence-electron chi connectivity index (χ1n) is 4.16. The second-order valence-electron chi connectivity index (χ2n) is 3.00. The molecule has 3 nitrogen and oxygen atoms in total. The minimum Gasteiger partial charge on any atom is -0.339 e. The van der Waals surface area contributed by atoms with Crippen molar-refractivity contribution in [3.05, 3.63) is 47.6 Å². The quantitative estimate of drug-likeness (QED) is 0.698. The average Bonchev–Trinajstić information content (AvgIpc) is 2.57. The Morgan fingerprint density at radius 1 is 1.38 bits per heavy atom. The highest BCUT2D eigenvalue weighted by atomic mass is 16.5. The zero-order valence-corrected chi connectivity index (χ0v) is 7.40. The molecule has 1 aromatic heterocycles. The van der Waals surface area contributed by atoms with E-state index in [0.29, 0.717) is 12.3 Å². The van der Waals surface area contributed by atoms with E-state index in [2.05, 4.69) is 35.3 Å². The third-order valence-electron chi connectivity index (χ3n) is 1.84. The first-order chi connectivity index (χ1) is 6.34. The number of hydrogen-bond acceptors (Lipinski definition) is 3. The predicted octanol–water partition coefficient (Wildman–Crippen LogP) is 1.97. The molecule has 66 valence electrons. The highest BCUT2D eigenvalue weighted by Crippen LogP contribution is 2.08. The lowest BCUT2D eigenvalue weighted by Gasteiger charge is -1.97. The molecule has 0 atom stereocenters. The van der Waals surface area contributed by atoms with E-state index < -0.39 is 0 Å². The molecule has 0 fully saturated rings. The van der Waals surface area contributed by atoms with Gasteiger partial charge in [0.05, 0.1) is 6.42 Å². The molecule has 0 N–H and O–H groups in total. The molecule has 0 amide bonds. The highest BCUT2D eigenvalue weighted by molar-refractivity contribution is 5.24. The first kappa shape index (κ1) is 7.98. The normalized spacial score (nSPS) is 10.2. The van der Waals surface area contributed by atoms with Crippen LogP contribution in [0.5, 0.6) is 0 Å². The minimum absolute atomic E-state index is 0.658. The van der Waals surface area contributed by atoms with Crippen LogP contribution >= 0.6 is 0 Å². The molecule has 0 aliphatic heterocycles. The monoisotopic (exact) mass is 174 g/mol. The van der Waals surface area contributed by atoms with Gasteiger partial charge in [-0.3, -0.25) is 0 Å². The molecular formula is C10H10N2O. The SMILES string of the molecule is Cc1cccc(Cc2ncno2)c1. The molecule has 1 heterocycles. The van der Waals surface area contributed by atoms with Crippen LogP contribution in [-0.4, -0.2) is 10.1 Å². The molecular weight excluding hydrogens is 164 g/mol. The number of nitrogens with zero attached hydrogens (tertiary/aromatic N) is 2. The molecule has 0 spiro atoms. The Labute approximate surface area is 76.4 Å². The Balaban J connectivity index is 2.19. The van der Waals surface area contributed by atoms with Crippen LogP contribution in [0.4, 0.5) is 0 Å². The Morgan fingerprint density at radius 2 is 2.31 bits per heavy atom. The predicted molar refractivity (Wildman–Crippen MR) is 48.3 cm³/mol. The summed E-state index contributed by atoms with van der Waals surface area (Å²) in [5.74, 6) is 0.658. The molecule has 0 bridgehead atoms. The minimum atomic E-state index is 0.658. The number of benzene rings is 1. The van der Waals surface area contributed by atoms with Gasteiger partial charge in [0.15, 0.2) is 6.33 Å². The van der Waals surface area contributed by atoms with Gasteiger partial charge in [-0.05, 0) is 12.5 Å². The zero-order valence-electron chi connectivity index (χ0n) is 7.40. The highest BCUT2D eigenvalue weighted by Gasteiger charge is 2.00. The molecule has 2 aromatic rings. The van der Waals surface area contributed by atoms with E-state index in [1.54, 1.807) is 0 Å². The van der Waals surface area contributed by atoms with E-state index in [1.807, 2.05) is 6.07 Å². The molecule has 0 saturated heterocycles. The van der Waals surface area contributed by atoms with E-state index >= 15 is 0 Å². The molecule has 13 heavy (non-hydrogen) atoms. The standard InChI is InChI=1S/C10H10N2O/c1-8-3-2-4-9(5-8)6-10-11-7-12-13-10/h2-5,7H,6H2,1H3. The molecule has 1 aromatic carbocycles. The average molecular weight is 174 g/mol. The number of rotatable bonds is 2. The summed E-state index contributed by atoms with van der Waals surface area (Å²) in [6.07, 6.45) is 2.13. The van der Waals surface area contributed by atoms with Gasteiger partial charge in [-0.2, -0.15) is 4.98 Å². The van der Waals surface area contributed by atoms with Gasteiger partial charge in [-0.15, -0.1) is 0 Å². The summed E-state index contributed by atoms with van der Waals surface area (Å²) in [6.45, 7) is 2.07. The summed E-state index contributed by atoms with van der Waals surface area (Å²) < 4.78 is 4.92. The molecule has 3 heteroatoms. The smallest absolute Gasteiger partial charge is 0.230 e. The van der Waals surface area contributed by atoms with Crippen molar-refractivity contribution in [3.63, 3.8) is 0 Å². The van der Waals surface area contributed by atoms with E-state index in [4.69, 9.17) is 4.52 Å². The van der Waals surface area contributed by atoms with Crippen LogP contribution in [0.15, 0.2) is 35.1 Å². The van der Waals surface area contributed by atoms with Crippen LogP contribution in [0.25, 0.3) is 0 Å². The van der Waals surface area contributed by atoms with Gasteiger partial charge < -0.3 is 4.52 Å². The maximum absolute atomic E-state index is 4.92. The lowest BCUT2D eigenvalue weighted by molar-refractivity contribution is 0.384. The summed E-state index contributed by atoms with van der Waals surface area (Å²) in [5, 5.41) is 3.55. The maximum Gasteiger partial charge on any atom is 0.230 e. The van der Waals surface area contributed by atoms with Gasteiger partial charge in [0.2, 0.25) is 5.89 Å². The lowest BCUT2D eigenvalue weighted by Crippen LogP contribution is -1.88. The van der Waals surface area contributed by atoms with Crippen molar-refractivity contribution in [2.24, 2.45) is 0 Å². The van der Waals surface area contributed by atoms with Crippen LogP contribution < -0.4 is 0 Å². The van der Waals surface area contributed by atoms with Gasteiger partial charge >= 0.3 is 0 Å². The second-order valence-corrected chi connectivity index (χ2v) is 3.00. The zero-order chi connectivity index (χ0) is 9.10. The Morgan fingerprint density at radius 3 is 3.00 bits per heavy atom. The fraction of sp³-hybridized carbons (Fsp3) is 0.200. The fourth-order valence-corrected chi connectivity index (χ4v) is 1.27. The van der Waals surface area contributed by atoms with E-state index in [-0.39, 0.29) is 0 Å². The molecule has 0 saturated carbocycles. The van der Waals surface area contributed by atoms with Crippen molar-refractivity contribution < 1.29 is 4.52 Å². The van der Waals surface area contributed by atoms with Crippen molar-refractivity contribution in [1.29, 1.82) is 0 Å². The third-order valence-corrected chi connectivity index (χ3v) is 1.84. The summed E-state index contributed by atoms with van der Waals surface area (Å²) in [7, 11) is 0. The van der Waals surface area contributed by atoms with Crippen molar-refractivity contribution in [3.8, 4) is 0 Å². The van der Waals surface area contributed by atoms with Crippen molar-refractivity contribution in [2.75, 3.05) is 0 Å². The van der Waals surface area contributed by atoms with Crippen LogP contribution in [0.3, 0.4) is 0 Å². The number of hydrogen-bond donors (Lipinski definition) is 0. The molecule has 0 radical (unpaired) electrons. The number of aryl methyl sites for hydroxylation is 1. The van der Waals surface area contributed by atoms with Crippen molar-refractivity contribution in [2.45, 2.75) is 13.3 Å². The van der Waals surface area contributed by atoms with Crippen LogP contribution in [0.1, 0.15) is 17.0 Å². The Kier molecular flexibility index (Phi) is 2.08. The van der Waals surface area contributed by atoms with Gasteiger partial charge in [0.1, 0.15) is 0 Å². The summed E-state index contributed by atoms with van der Waals surface area (Å²) in [6, 6.07) is 8.26. The van der Waals surface area contributed by atoms with Crippen LogP contribution in [0, 0.1) is 6.92 Å². The van der Waals surface area contributed by atoms with Crippen molar-refractivity contribution in [1.82, 2.24) is 10.1 Å². The summed E-state index contributed by atoms with van der Waals surface area (Å²) in [4.78, 5) is 3.96. The van der Waals surface area contributed by atoms with Crippen molar-refractivity contribution >= 4 is 0 Å². The molecule has 0 unspecified atom stereocenters. The van der Waals surface area contributed by atoms with Crippen LogP contribution in [-0.2, 0) is 6.42 Å². The lowest BCUT2D eigenvalue weighted by atomic mass is 10.1. The van der Waals surface area contributed by atoms with Gasteiger partial charge in [-0.25, -0.2) is 0 Å². The van der Waals surface area contributed by atoms with E-state index in [1.165, 1.54) is 17.5 Å². The molecule has 0 aliphatic rings. The largest absolute Gasteiger partial charge is 0.339 e. The first-order valence-corrected chi connectivity index (χ1v) is 4.16. The molecule has 0 aliphatic carbocycles. The number of aromatic nitrogens is 2. The van der Waals surface area contributed by atoms with Crippen LogP contribution in [0.2, 0.25) is 0 Å². The fourth-order valence-electron chi connectivity index (χ4n) is 1.27. The molecule has 2 rings (SSSR count). The van der Waals surface area contributed by atoms with Gasteiger partial charge in [0, 0.05) is 0 Å². The summed E-state index contributed by atoms with van der Waals surface area (Å²) in [5.41, 5.74) is 2.45. The van der Waals surface area contributed by atoms with E-state index in [9.17, 15) is 0 Å². The topological polar surface area (TPSA) is 38.9 Å². The second kappa shape index (κ2) is 3.39. The van der Waals surface area contributed by atoms with Gasteiger partial charge in [0.25, 0.3) is 0 Å². The Hall–Kier alpha value is -1.64. The summed E-state index contributed by atoms with van der Waals surface area (Å²) >= 11 is 0. The Bertz CT molecular complexity index is 382. The van der Waals surface area contributed by atoms with Gasteiger partial charge in [-0.1, -0.05) is 35.0 Å². The van der Waals surface area contributed by atoms with E-state index in [0.717, 1.165) is 0 Å². The third kappa shape index (κ3) is 1.93. The maximum atomic E-state index is 4.92.